The van der Waals surface area contributed by atoms with Crippen molar-refractivity contribution in [2.24, 2.45) is 10.8 Å². The lowest BCUT2D eigenvalue weighted by Gasteiger charge is -2.63. The van der Waals surface area contributed by atoms with Gasteiger partial charge in [-0.3, -0.25) is 19.3 Å². The van der Waals surface area contributed by atoms with Gasteiger partial charge in [0.1, 0.15) is 29.5 Å². The molecule has 0 atom stereocenters. The zero-order chi connectivity index (χ0) is 50.1. The highest BCUT2D eigenvalue weighted by molar-refractivity contribution is 5.98. The van der Waals surface area contributed by atoms with Crippen LogP contribution in [0.15, 0.2) is 91.3 Å². The molecule has 3 aliphatic heterocycles. The van der Waals surface area contributed by atoms with Gasteiger partial charge in [0.05, 0.1) is 30.1 Å². The number of fused-ring (bicyclic) bond motifs is 2. The van der Waals surface area contributed by atoms with E-state index >= 15 is 0 Å². The predicted molar refractivity (Wildman–Crippen MR) is 279 cm³/mol. The van der Waals surface area contributed by atoms with Crippen LogP contribution in [0.1, 0.15) is 93.5 Å². The number of ether oxygens (including phenoxy) is 3. The Kier molecular flexibility index (Phi) is 13.7. The fourth-order valence-electron chi connectivity index (χ4n) is 11.9. The van der Waals surface area contributed by atoms with Crippen LogP contribution in [0.25, 0.3) is 33.3 Å². The van der Waals surface area contributed by atoms with Gasteiger partial charge in [-0.15, -0.1) is 0 Å². The smallest absolute Gasteiger partial charge is 0.251 e. The molecule has 15 nitrogen and oxygen atoms in total. The number of hydrogen-bond donors (Lipinski definition) is 3. The summed E-state index contributed by atoms with van der Waals surface area (Å²) >= 11 is 0. The van der Waals surface area contributed by atoms with Crippen LogP contribution in [-0.2, 0) is 22.5 Å². The van der Waals surface area contributed by atoms with Crippen molar-refractivity contribution < 1.29 is 23.8 Å². The van der Waals surface area contributed by atoms with Crippen molar-refractivity contribution in [3.8, 4) is 40.1 Å². The van der Waals surface area contributed by atoms with Crippen LogP contribution in [0.5, 0.6) is 11.5 Å². The number of pyridine rings is 2. The molecule has 6 aromatic rings. The van der Waals surface area contributed by atoms with Gasteiger partial charge in [0.15, 0.2) is 0 Å². The number of nitriles is 1. The number of nitrogens with one attached hydrogen (secondary N) is 3. The van der Waals surface area contributed by atoms with E-state index in [0.717, 1.165) is 122 Å². The van der Waals surface area contributed by atoms with Gasteiger partial charge in [-0.25, -0.2) is 4.98 Å². The second-order valence-corrected chi connectivity index (χ2v) is 21.0. The molecule has 4 aliphatic rings. The minimum absolute atomic E-state index is 0.0903. The molecule has 2 amide bonds. The Morgan fingerprint density at radius 3 is 2.38 bits per heavy atom. The molecule has 15 heteroatoms. The topological polar surface area (TPSA) is 172 Å². The highest BCUT2D eigenvalue weighted by Gasteiger charge is 2.64. The van der Waals surface area contributed by atoms with E-state index in [1.54, 1.807) is 32.2 Å². The van der Waals surface area contributed by atoms with Crippen molar-refractivity contribution in [3.63, 3.8) is 0 Å². The number of nitrogens with zero attached hydrogens (tertiary/aromatic N) is 7. The number of methoxy groups -OCH3 is 1. The van der Waals surface area contributed by atoms with Crippen LogP contribution in [0.3, 0.4) is 0 Å². The normalized spacial score (nSPS) is 19.7. The van der Waals surface area contributed by atoms with Gasteiger partial charge in [-0.2, -0.15) is 10.4 Å². The number of rotatable bonds is 14. The molecule has 0 spiro atoms. The maximum absolute atomic E-state index is 13.5. The summed E-state index contributed by atoms with van der Waals surface area (Å²) in [4.78, 5) is 40.2. The lowest BCUT2D eigenvalue weighted by Crippen LogP contribution is -2.74. The highest BCUT2D eigenvalue weighted by Crippen LogP contribution is 2.56. The first-order valence-corrected chi connectivity index (χ1v) is 25.5. The number of aromatic nitrogens is 4. The summed E-state index contributed by atoms with van der Waals surface area (Å²) in [6.07, 6.45) is 8.46. The minimum atomic E-state index is -0.346. The van der Waals surface area contributed by atoms with Crippen LogP contribution < -0.4 is 30.3 Å². The lowest BCUT2D eigenvalue weighted by atomic mass is 9.49. The van der Waals surface area contributed by atoms with Crippen molar-refractivity contribution in [3.05, 3.63) is 114 Å². The molecule has 72 heavy (non-hydrogen) atoms. The Labute approximate surface area is 422 Å². The molecule has 0 bridgehead atoms. The average molecular weight is 971 g/mol. The van der Waals surface area contributed by atoms with E-state index in [4.69, 9.17) is 29.3 Å². The molecule has 1 aliphatic carbocycles. The summed E-state index contributed by atoms with van der Waals surface area (Å²) in [6.45, 7) is 16.3. The number of carbonyl (C=O) groups excluding carboxylic acids is 2. The van der Waals surface area contributed by atoms with Crippen molar-refractivity contribution in [1.82, 2.24) is 35.3 Å². The van der Waals surface area contributed by atoms with Crippen molar-refractivity contribution in [1.29, 1.82) is 5.26 Å². The molecule has 3 aromatic carbocycles. The molecule has 3 fully saturated rings. The number of anilines is 2. The van der Waals surface area contributed by atoms with Crippen LogP contribution in [0.4, 0.5) is 11.5 Å². The number of amides is 2. The van der Waals surface area contributed by atoms with Crippen LogP contribution in [0, 0.1) is 22.2 Å². The molecule has 6 heterocycles. The van der Waals surface area contributed by atoms with Gasteiger partial charge < -0.3 is 40.0 Å². The van der Waals surface area contributed by atoms with E-state index in [1.807, 2.05) is 41.6 Å². The molecule has 1 saturated carbocycles. The molecular formula is C57H66N10O5. The predicted octanol–water partition coefficient (Wildman–Crippen LogP) is 8.58. The Balaban J connectivity index is 0.689. The summed E-state index contributed by atoms with van der Waals surface area (Å²) < 4.78 is 19.8. The molecule has 0 unspecified atom stereocenters. The fraction of sp³-hybridized carbons (Fsp3) is 0.439. The Morgan fingerprint density at radius 1 is 0.889 bits per heavy atom. The van der Waals surface area contributed by atoms with E-state index in [2.05, 4.69) is 95.7 Å². The third-order valence-electron chi connectivity index (χ3n) is 15.6. The van der Waals surface area contributed by atoms with Crippen LogP contribution in [-0.4, -0.2) is 108 Å². The summed E-state index contributed by atoms with van der Waals surface area (Å²) in [6, 6.07) is 28.4. The maximum atomic E-state index is 13.5. The highest BCUT2D eigenvalue weighted by atomic mass is 16.5. The fourth-order valence-corrected chi connectivity index (χ4v) is 11.9. The quantitative estimate of drug-likeness (QED) is 0.0890. The van der Waals surface area contributed by atoms with Crippen LogP contribution >= 0.6 is 0 Å². The zero-order valence-electron chi connectivity index (χ0n) is 42.3. The van der Waals surface area contributed by atoms with Crippen LogP contribution in [0.2, 0.25) is 0 Å². The third kappa shape index (κ3) is 9.57. The van der Waals surface area contributed by atoms with Gasteiger partial charge in [-0.1, -0.05) is 45.9 Å². The Morgan fingerprint density at radius 2 is 1.67 bits per heavy atom. The monoisotopic (exact) mass is 971 g/mol. The number of carbonyl (C=O) groups is 2. The number of benzene rings is 3. The van der Waals surface area contributed by atoms with Crippen molar-refractivity contribution >= 4 is 34.1 Å². The van der Waals surface area contributed by atoms with Gasteiger partial charge in [0.2, 0.25) is 5.91 Å². The zero-order valence-corrected chi connectivity index (χ0v) is 42.3. The van der Waals surface area contributed by atoms with E-state index in [-0.39, 0.29) is 34.8 Å². The van der Waals surface area contributed by atoms with E-state index < -0.39 is 0 Å². The minimum Gasteiger partial charge on any atom is -0.495 e. The largest absolute Gasteiger partial charge is 0.495 e. The van der Waals surface area contributed by atoms with Gasteiger partial charge >= 0.3 is 0 Å². The SMILES string of the molecule is COc1cc(OC2C(C)(C)C(NC(=O)c3ccc(NCCNC4CCN(c5ccc(-c6cc7cccc(-c8nn(C9CCOCC9)c9c8CN(C(C)=O)CC9)c7cn6)cn5)CC4)cc3)C2(C)C)ccc1C#N. The van der Waals surface area contributed by atoms with E-state index in [0.29, 0.717) is 47.8 Å². The summed E-state index contributed by atoms with van der Waals surface area (Å²) in [5.41, 5.74) is 7.55. The maximum Gasteiger partial charge on any atom is 0.251 e. The third-order valence-corrected chi connectivity index (χ3v) is 15.6. The number of piperidine rings is 1. The summed E-state index contributed by atoms with van der Waals surface area (Å²) in [5, 5.41) is 27.3. The number of hydrogen-bond acceptors (Lipinski definition) is 12. The first-order chi connectivity index (χ1) is 34.8. The molecular weight excluding hydrogens is 905 g/mol. The molecule has 0 radical (unpaired) electrons. The van der Waals surface area contributed by atoms with Gasteiger partial charge in [-0.05, 0) is 85.7 Å². The van der Waals surface area contributed by atoms with Crippen molar-refractivity contribution in [2.75, 3.05) is 63.3 Å². The molecule has 10 rings (SSSR count). The summed E-state index contributed by atoms with van der Waals surface area (Å²) in [5.74, 6) is 2.05. The first kappa shape index (κ1) is 48.6. The lowest BCUT2D eigenvalue weighted by molar-refractivity contribution is -0.164. The first-order valence-electron chi connectivity index (χ1n) is 25.5. The molecule has 3 N–H and O–H groups in total. The summed E-state index contributed by atoms with van der Waals surface area (Å²) in [7, 11) is 1.54. The Bertz CT molecular complexity index is 2970. The van der Waals surface area contributed by atoms with Gasteiger partial charge in [0.25, 0.3) is 5.91 Å². The molecule has 3 aromatic heterocycles. The molecule has 2 saturated heterocycles. The second kappa shape index (κ2) is 20.2. The average Bonchev–Trinajstić information content (AvgIpc) is 3.79. The van der Waals surface area contributed by atoms with E-state index in [1.165, 1.54) is 5.69 Å². The second-order valence-electron chi connectivity index (χ2n) is 21.0. The van der Waals surface area contributed by atoms with Gasteiger partial charge in [0, 0.05) is 146 Å². The van der Waals surface area contributed by atoms with E-state index in [9.17, 15) is 14.9 Å². The Hall–Kier alpha value is -7.02. The standard InChI is InChI=1S/C57H66N10O5/c1-36(68)66-27-20-49-47(35-66)52(64-67(49)43-21-28-71-29-22-43)45-9-7-8-38-30-48(61-34-46(38)45)40-13-17-51(62-33-40)65-25-18-42(19-26-65)60-24-23-59-41-14-10-37(11-15-41)53(69)63-54-56(2,3)55(57(54,4)5)72-44-16-12-39(32-58)50(31-44)70-6/h7-17,30-31,33-34,42-43,54-55,59-60H,18-29,35H2,1-6H3,(H,63,69). The van der Waals surface area contributed by atoms with Crippen molar-refractivity contribution in [2.45, 2.75) is 97.5 Å². The molecule has 374 valence electrons.